The smallest absolute Gasteiger partial charge is 0.169 e. The van der Waals surface area contributed by atoms with E-state index in [-0.39, 0.29) is 0 Å². The van der Waals surface area contributed by atoms with E-state index >= 15 is 0 Å². The van der Waals surface area contributed by atoms with E-state index < -0.39 is 0 Å². The molecule has 5 heteroatoms. The lowest BCUT2D eigenvalue weighted by Crippen LogP contribution is -2.45. The molecule has 4 nitrogen and oxygen atoms in total. The molecule has 0 radical (unpaired) electrons. The van der Waals surface area contributed by atoms with Crippen LogP contribution >= 0.6 is 12.2 Å². The Morgan fingerprint density at radius 3 is 2.10 bits per heavy atom. The summed E-state index contributed by atoms with van der Waals surface area (Å²) in [6, 6.07) is 9.59. The summed E-state index contributed by atoms with van der Waals surface area (Å²) in [6.45, 7) is 9.47. The number of thiocarbonyl (C=S) groups is 1. The molecule has 1 aliphatic rings. The normalized spacial score (nSPS) is 15.5. The number of rotatable bonds is 10. The quantitative estimate of drug-likeness (QED) is 0.507. The highest BCUT2D eigenvalue weighted by Crippen LogP contribution is 2.19. The van der Waals surface area contributed by atoms with Gasteiger partial charge in [-0.3, -0.25) is 0 Å². The van der Waals surface area contributed by atoms with Crippen LogP contribution in [-0.4, -0.2) is 61.2 Å². The maximum absolute atomic E-state index is 5.91. The van der Waals surface area contributed by atoms with Crippen LogP contribution in [0.1, 0.15) is 70.8 Å². The van der Waals surface area contributed by atoms with Crippen molar-refractivity contribution in [3.8, 4) is 0 Å². The van der Waals surface area contributed by atoms with E-state index in [0.717, 1.165) is 44.3 Å². The van der Waals surface area contributed by atoms with Gasteiger partial charge in [0.25, 0.3) is 0 Å². The zero-order chi connectivity index (χ0) is 21.8. The molecule has 0 aromatic heterocycles. The first-order valence-electron chi connectivity index (χ1n) is 12.1. The molecular formula is C25H44N4S. The summed E-state index contributed by atoms with van der Waals surface area (Å²) in [7, 11) is 4.28. The molecular weight excluding hydrogens is 388 g/mol. The van der Waals surface area contributed by atoms with E-state index in [1.807, 2.05) is 0 Å². The highest BCUT2D eigenvalue weighted by atomic mass is 32.1. The molecule has 30 heavy (non-hydrogen) atoms. The summed E-state index contributed by atoms with van der Waals surface area (Å²) >= 11 is 5.91. The minimum atomic E-state index is 0.541. The SMILES string of the molecule is CCN(CC)c1ccc(CN(CCCN(C)C)C(=S)NC2CCCCCCC2)cc1. The lowest BCUT2D eigenvalue weighted by atomic mass is 9.97. The topological polar surface area (TPSA) is 21.8 Å². The van der Waals surface area contributed by atoms with Gasteiger partial charge < -0.3 is 20.0 Å². The molecule has 0 spiro atoms. The summed E-state index contributed by atoms with van der Waals surface area (Å²) in [6.07, 6.45) is 10.4. The molecule has 1 aliphatic carbocycles. The van der Waals surface area contributed by atoms with Crippen molar-refractivity contribution in [2.24, 2.45) is 0 Å². The van der Waals surface area contributed by atoms with Gasteiger partial charge in [0, 0.05) is 37.9 Å². The zero-order valence-corrected chi connectivity index (χ0v) is 20.6. The number of benzene rings is 1. The van der Waals surface area contributed by atoms with Crippen molar-refractivity contribution in [3.05, 3.63) is 29.8 Å². The van der Waals surface area contributed by atoms with Gasteiger partial charge in [-0.1, -0.05) is 44.2 Å². The Bertz CT molecular complexity index is 590. The van der Waals surface area contributed by atoms with Gasteiger partial charge in [0.2, 0.25) is 0 Å². The van der Waals surface area contributed by atoms with Crippen LogP contribution in [-0.2, 0) is 6.54 Å². The fourth-order valence-corrected chi connectivity index (χ4v) is 4.64. The Balaban J connectivity index is 2.01. The average Bonchev–Trinajstić information content (AvgIpc) is 2.71. The van der Waals surface area contributed by atoms with Gasteiger partial charge in [0.05, 0.1) is 0 Å². The van der Waals surface area contributed by atoms with Gasteiger partial charge in [-0.15, -0.1) is 0 Å². The molecule has 0 heterocycles. The second kappa shape index (κ2) is 13.9. The molecule has 0 unspecified atom stereocenters. The Morgan fingerprint density at radius 1 is 0.933 bits per heavy atom. The number of nitrogens with zero attached hydrogens (tertiary/aromatic N) is 3. The fraction of sp³-hybridized carbons (Fsp3) is 0.720. The summed E-state index contributed by atoms with van der Waals surface area (Å²) in [4.78, 5) is 7.02. The van der Waals surface area contributed by atoms with Crippen LogP contribution in [0.4, 0.5) is 5.69 Å². The summed E-state index contributed by atoms with van der Waals surface area (Å²) in [5.41, 5.74) is 2.63. The Kier molecular flexibility index (Phi) is 11.5. The molecule has 0 bridgehead atoms. The van der Waals surface area contributed by atoms with Crippen LogP contribution in [0.15, 0.2) is 24.3 Å². The number of anilines is 1. The molecule has 1 fully saturated rings. The molecule has 0 amide bonds. The minimum Gasteiger partial charge on any atom is -0.372 e. The molecule has 2 rings (SSSR count). The molecule has 0 saturated heterocycles. The van der Waals surface area contributed by atoms with E-state index in [0.29, 0.717) is 6.04 Å². The van der Waals surface area contributed by atoms with Crippen molar-refractivity contribution in [3.63, 3.8) is 0 Å². The van der Waals surface area contributed by atoms with Gasteiger partial charge in [-0.2, -0.15) is 0 Å². The Hall–Kier alpha value is -1.33. The van der Waals surface area contributed by atoms with E-state index in [2.05, 4.69) is 72.2 Å². The van der Waals surface area contributed by atoms with Crippen molar-refractivity contribution in [2.45, 2.75) is 77.8 Å². The van der Waals surface area contributed by atoms with Crippen molar-refractivity contribution >= 4 is 23.0 Å². The summed E-state index contributed by atoms with van der Waals surface area (Å²) < 4.78 is 0. The lowest BCUT2D eigenvalue weighted by molar-refractivity contribution is 0.333. The van der Waals surface area contributed by atoms with Crippen molar-refractivity contribution in [1.29, 1.82) is 0 Å². The van der Waals surface area contributed by atoms with Crippen LogP contribution in [0.3, 0.4) is 0 Å². The van der Waals surface area contributed by atoms with Crippen LogP contribution in [0, 0.1) is 0 Å². The first kappa shape index (κ1) is 24.9. The number of hydrogen-bond acceptors (Lipinski definition) is 3. The molecule has 1 aromatic carbocycles. The van der Waals surface area contributed by atoms with Crippen LogP contribution < -0.4 is 10.2 Å². The summed E-state index contributed by atoms with van der Waals surface area (Å²) in [5, 5.41) is 4.67. The molecule has 170 valence electrons. The van der Waals surface area contributed by atoms with Crippen LogP contribution in [0.25, 0.3) is 0 Å². The second-order valence-corrected chi connectivity index (χ2v) is 9.30. The van der Waals surface area contributed by atoms with Gasteiger partial charge in [0.15, 0.2) is 5.11 Å². The van der Waals surface area contributed by atoms with E-state index in [4.69, 9.17) is 12.2 Å². The van der Waals surface area contributed by atoms with Gasteiger partial charge in [-0.25, -0.2) is 0 Å². The fourth-order valence-electron chi connectivity index (χ4n) is 4.32. The predicted molar refractivity (Wildman–Crippen MR) is 135 cm³/mol. The molecule has 0 aliphatic heterocycles. The first-order valence-corrected chi connectivity index (χ1v) is 12.5. The van der Waals surface area contributed by atoms with Crippen molar-refractivity contribution in [2.75, 3.05) is 45.2 Å². The third-order valence-electron chi connectivity index (χ3n) is 6.19. The highest BCUT2D eigenvalue weighted by molar-refractivity contribution is 7.80. The molecule has 1 N–H and O–H groups in total. The highest BCUT2D eigenvalue weighted by Gasteiger charge is 2.17. The van der Waals surface area contributed by atoms with Crippen molar-refractivity contribution in [1.82, 2.24) is 15.1 Å². The molecule has 1 saturated carbocycles. The third-order valence-corrected chi connectivity index (χ3v) is 6.57. The maximum Gasteiger partial charge on any atom is 0.169 e. The monoisotopic (exact) mass is 432 g/mol. The van der Waals surface area contributed by atoms with Gasteiger partial charge in [0.1, 0.15) is 0 Å². The first-order chi connectivity index (χ1) is 14.5. The Morgan fingerprint density at radius 2 is 1.53 bits per heavy atom. The second-order valence-electron chi connectivity index (χ2n) is 8.91. The predicted octanol–water partition coefficient (Wildman–Crippen LogP) is 5.27. The largest absolute Gasteiger partial charge is 0.372 e. The van der Waals surface area contributed by atoms with Gasteiger partial charge >= 0.3 is 0 Å². The average molecular weight is 433 g/mol. The lowest BCUT2D eigenvalue weighted by Gasteiger charge is -2.31. The van der Waals surface area contributed by atoms with E-state index in [1.54, 1.807) is 0 Å². The van der Waals surface area contributed by atoms with Crippen molar-refractivity contribution < 1.29 is 0 Å². The third kappa shape index (κ3) is 8.81. The van der Waals surface area contributed by atoms with Gasteiger partial charge in [-0.05, 0) is 83.7 Å². The van der Waals surface area contributed by atoms with E-state index in [1.165, 1.54) is 56.2 Å². The summed E-state index contributed by atoms with van der Waals surface area (Å²) in [5.74, 6) is 0. The zero-order valence-electron chi connectivity index (χ0n) is 19.8. The maximum atomic E-state index is 5.91. The van der Waals surface area contributed by atoms with Crippen LogP contribution in [0.2, 0.25) is 0 Å². The minimum absolute atomic E-state index is 0.541. The Labute approximate surface area is 191 Å². The van der Waals surface area contributed by atoms with Crippen LogP contribution in [0.5, 0.6) is 0 Å². The number of hydrogen-bond donors (Lipinski definition) is 1. The van der Waals surface area contributed by atoms with E-state index in [9.17, 15) is 0 Å². The molecule has 1 aromatic rings. The standard InChI is InChI=1S/C25H44N4S/c1-5-28(6-2)24-17-15-22(16-18-24)21-29(20-12-19-27(3)4)25(30)26-23-13-10-8-7-9-11-14-23/h15-18,23H,5-14,19-21H2,1-4H3,(H,26,30). The number of nitrogens with one attached hydrogen (secondary N) is 1. The molecule has 0 atom stereocenters.